The minimum absolute atomic E-state index is 0.267. The molecule has 0 saturated carbocycles. The highest BCUT2D eigenvalue weighted by molar-refractivity contribution is 6.30. The molecular weight excluding hydrogens is 376 g/mol. The first kappa shape index (κ1) is 18.3. The van der Waals surface area contributed by atoms with Gasteiger partial charge in [-0.15, -0.1) is 0 Å². The lowest BCUT2D eigenvalue weighted by Gasteiger charge is -2.11. The van der Waals surface area contributed by atoms with Crippen molar-refractivity contribution in [3.63, 3.8) is 0 Å². The maximum atomic E-state index is 11.9. The number of carbonyl (C=O) groups excluding carboxylic acids is 1. The molecular formula is C21H19ClN4O2. The number of nitrogens with one attached hydrogen (secondary N) is 1. The molecule has 0 radical (unpaired) electrons. The molecule has 0 bridgehead atoms. The van der Waals surface area contributed by atoms with Crippen LogP contribution in [-0.4, -0.2) is 27.4 Å². The van der Waals surface area contributed by atoms with Gasteiger partial charge in [-0.25, -0.2) is 14.8 Å². The summed E-state index contributed by atoms with van der Waals surface area (Å²) in [6.45, 7) is 4.19. The largest absolute Gasteiger partial charge is 0.465 e. The third kappa shape index (κ3) is 3.27. The van der Waals surface area contributed by atoms with Crippen molar-refractivity contribution in [1.82, 2.24) is 14.4 Å². The second-order valence-electron chi connectivity index (χ2n) is 6.81. The number of ether oxygens (including phenoxy) is 1. The van der Waals surface area contributed by atoms with E-state index in [1.165, 1.54) is 7.11 Å². The first-order chi connectivity index (χ1) is 13.5. The van der Waals surface area contributed by atoms with Crippen molar-refractivity contribution >= 4 is 45.8 Å². The van der Waals surface area contributed by atoms with E-state index in [4.69, 9.17) is 26.3 Å². The Morgan fingerprint density at radius 2 is 2.00 bits per heavy atom. The Balaban J connectivity index is 1.95. The van der Waals surface area contributed by atoms with E-state index in [0.29, 0.717) is 22.1 Å². The summed E-state index contributed by atoms with van der Waals surface area (Å²) < 4.78 is 6.76. The van der Waals surface area contributed by atoms with Crippen molar-refractivity contribution in [3.8, 4) is 0 Å². The summed E-state index contributed by atoms with van der Waals surface area (Å²) >= 11 is 6.11. The van der Waals surface area contributed by atoms with Gasteiger partial charge in [-0.05, 0) is 42.3 Å². The maximum absolute atomic E-state index is 11.9. The fraction of sp³-hybridized carbons (Fsp3) is 0.190. The zero-order valence-electron chi connectivity index (χ0n) is 15.7. The van der Waals surface area contributed by atoms with E-state index in [-0.39, 0.29) is 5.92 Å². The number of hydrogen-bond donors (Lipinski definition) is 1. The molecule has 142 valence electrons. The van der Waals surface area contributed by atoms with Gasteiger partial charge in [0.05, 0.1) is 23.9 Å². The Labute approximate surface area is 167 Å². The van der Waals surface area contributed by atoms with Crippen LogP contribution < -0.4 is 5.32 Å². The molecule has 1 N–H and O–H groups in total. The third-order valence-corrected chi connectivity index (χ3v) is 4.75. The zero-order chi connectivity index (χ0) is 19.8. The molecule has 28 heavy (non-hydrogen) atoms. The molecule has 0 aliphatic carbocycles. The summed E-state index contributed by atoms with van der Waals surface area (Å²) in [5.74, 6) is 0.452. The van der Waals surface area contributed by atoms with Gasteiger partial charge in [-0.1, -0.05) is 31.5 Å². The van der Waals surface area contributed by atoms with Gasteiger partial charge in [0, 0.05) is 22.3 Å². The molecule has 2 aromatic carbocycles. The van der Waals surface area contributed by atoms with E-state index >= 15 is 0 Å². The average Bonchev–Trinajstić information content (AvgIpc) is 3.13. The van der Waals surface area contributed by atoms with Gasteiger partial charge < -0.3 is 10.1 Å². The smallest absolute Gasteiger partial charge is 0.337 e. The standard InChI is InChI=1S/C21H19ClN4O2/c1-12(2)18-11-26-19(24-18)16-8-7-13(20(27)28-3)9-17(16)25-21(26)23-15-6-4-5-14(22)10-15/h4-12H,1-3H3,(H,23,25). The second-order valence-corrected chi connectivity index (χ2v) is 7.24. The summed E-state index contributed by atoms with van der Waals surface area (Å²) in [7, 11) is 1.36. The molecule has 0 atom stereocenters. The summed E-state index contributed by atoms with van der Waals surface area (Å²) in [5, 5.41) is 4.79. The molecule has 7 heteroatoms. The Hall–Kier alpha value is -3.12. The van der Waals surface area contributed by atoms with E-state index in [0.717, 1.165) is 22.4 Å². The number of aromatic nitrogens is 3. The molecule has 2 aromatic heterocycles. The SMILES string of the molecule is COC(=O)c1ccc2c(c1)nc(Nc1cccc(Cl)c1)n1cc(C(C)C)nc21. The number of carbonyl (C=O) groups is 1. The topological polar surface area (TPSA) is 68.5 Å². The number of halogens is 1. The van der Waals surface area contributed by atoms with Crippen LogP contribution in [0.1, 0.15) is 35.8 Å². The third-order valence-electron chi connectivity index (χ3n) is 4.51. The lowest BCUT2D eigenvalue weighted by Crippen LogP contribution is -2.04. The minimum atomic E-state index is -0.404. The number of anilines is 2. The zero-order valence-corrected chi connectivity index (χ0v) is 16.5. The number of fused-ring (bicyclic) bond motifs is 3. The molecule has 0 amide bonds. The van der Waals surface area contributed by atoms with Gasteiger partial charge in [0.2, 0.25) is 5.95 Å². The number of nitrogens with zero attached hydrogens (tertiary/aromatic N) is 3. The molecule has 4 aromatic rings. The van der Waals surface area contributed by atoms with Crippen LogP contribution in [-0.2, 0) is 4.74 Å². The lowest BCUT2D eigenvalue weighted by molar-refractivity contribution is 0.0601. The summed E-state index contributed by atoms with van der Waals surface area (Å²) in [4.78, 5) is 21.5. The molecule has 0 saturated heterocycles. The highest BCUT2D eigenvalue weighted by Crippen LogP contribution is 2.27. The number of benzene rings is 2. The molecule has 4 rings (SSSR count). The van der Waals surface area contributed by atoms with E-state index < -0.39 is 5.97 Å². The average molecular weight is 395 g/mol. The van der Waals surface area contributed by atoms with Crippen molar-refractivity contribution in [1.29, 1.82) is 0 Å². The molecule has 2 heterocycles. The molecule has 0 aliphatic heterocycles. The van der Waals surface area contributed by atoms with Gasteiger partial charge in [0.1, 0.15) is 5.65 Å². The van der Waals surface area contributed by atoms with E-state index in [2.05, 4.69) is 19.2 Å². The molecule has 6 nitrogen and oxygen atoms in total. The van der Waals surface area contributed by atoms with Gasteiger partial charge >= 0.3 is 5.97 Å². The predicted molar refractivity (Wildman–Crippen MR) is 111 cm³/mol. The van der Waals surface area contributed by atoms with Gasteiger partial charge in [0.15, 0.2) is 0 Å². The Morgan fingerprint density at radius 1 is 1.18 bits per heavy atom. The van der Waals surface area contributed by atoms with E-state index in [9.17, 15) is 4.79 Å². The summed E-state index contributed by atoms with van der Waals surface area (Å²) in [6, 6.07) is 12.7. The number of rotatable bonds is 4. The van der Waals surface area contributed by atoms with Crippen LogP contribution in [0.3, 0.4) is 0 Å². The first-order valence-electron chi connectivity index (χ1n) is 8.90. The normalized spacial score (nSPS) is 11.3. The van der Waals surface area contributed by atoms with Crippen molar-refractivity contribution in [2.45, 2.75) is 19.8 Å². The van der Waals surface area contributed by atoms with Crippen molar-refractivity contribution in [3.05, 3.63) is 64.9 Å². The number of hydrogen-bond acceptors (Lipinski definition) is 5. The second kappa shape index (κ2) is 7.13. The van der Waals surface area contributed by atoms with Crippen LogP contribution in [0.4, 0.5) is 11.6 Å². The molecule has 0 unspecified atom stereocenters. The van der Waals surface area contributed by atoms with Crippen LogP contribution >= 0.6 is 11.6 Å². The highest BCUT2D eigenvalue weighted by Gasteiger charge is 2.16. The molecule has 0 fully saturated rings. The number of methoxy groups -OCH3 is 1. The van der Waals surface area contributed by atoms with Crippen molar-refractivity contribution in [2.75, 3.05) is 12.4 Å². The Bertz CT molecular complexity index is 1200. The lowest BCUT2D eigenvalue weighted by atomic mass is 10.1. The van der Waals surface area contributed by atoms with Crippen LogP contribution in [0.2, 0.25) is 5.02 Å². The quantitative estimate of drug-likeness (QED) is 0.482. The van der Waals surface area contributed by atoms with Gasteiger partial charge in [0.25, 0.3) is 0 Å². The molecule has 0 spiro atoms. The van der Waals surface area contributed by atoms with Crippen LogP contribution in [0, 0.1) is 0 Å². The number of imidazole rings is 1. The first-order valence-corrected chi connectivity index (χ1v) is 9.27. The molecule has 0 aliphatic rings. The fourth-order valence-electron chi connectivity index (χ4n) is 3.04. The maximum Gasteiger partial charge on any atom is 0.337 e. The monoisotopic (exact) mass is 394 g/mol. The summed E-state index contributed by atoms with van der Waals surface area (Å²) in [5.41, 5.74) is 3.64. The number of esters is 1. The predicted octanol–water partition coefficient (Wildman–Crippen LogP) is 5.19. The van der Waals surface area contributed by atoms with Gasteiger partial charge in [-0.3, -0.25) is 4.40 Å². The Kier molecular flexibility index (Phi) is 4.65. The Morgan fingerprint density at radius 3 is 2.71 bits per heavy atom. The van der Waals surface area contributed by atoms with Crippen LogP contribution in [0.15, 0.2) is 48.7 Å². The fourth-order valence-corrected chi connectivity index (χ4v) is 3.23. The van der Waals surface area contributed by atoms with Crippen LogP contribution in [0.5, 0.6) is 0 Å². The van der Waals surface area contributed by atoms with E-state index in [1.807, 2.05) is 40.9 Å². The van der Waals surface area contributed by atoms with Crippen molar-refractivity contribution < 1.29 is 9.53 Å². The van der Waals surface area contributed by atoms with Crippen LogP contribution in [0.25, 0.3) is 16.6 Å². The highest BCUT2D eigenvalue weighted by atomic mass is 35.5. The van der Waals surface area contributed by atoms with Crippen molar-refractivity contribution in [2.24, 2.45) is 0 Å². The minimum Gasteiger partial charge on any atom is -0.465 e. The van der Waals surface area contributed by atoms with Gasteiger partial charge in [-0.2, -0.15) is 0 Å². The summed E-state index contributed by atoms with van der Waals surface area (Å²) in [6.07, 6.45) is 1.98. The van der Waals surface area contributed by atoms with E-state index in [1.54, 1.807) is 12.1 Å².